The van der Waals surface area contributed by atoms with Crippen LogP contribution in [0, 0.1) is 0 Å². The fourth-order valence-corrected chi connectivity index (χ4v) is 2.62. The molecule has 0 radical (unpaired) electrons. The third-order valence-electron chi connectivity index (χ3n) is 3.34. The normalized spacial score (nSPS) is 16.6. The largest absolute Gasteiger partial charge is 0.454 e. The maximum absolute atomic E-state index is 11.8. The molecule has 1 aliphatic heterocycles. The fraction of sp³-hybridized carbons (Fsp3) is 0.500. The zero-order chi connectivity index (χ0) is 14.1. The van der Waals surface area contributed by atoms with E-state index in [0.717, 1.165) is 34.4 Å². The van der Waals surface area contributed by atoms with Crippen molar-refractivity contribution in [1.29, 1.82) is 0 Å². The van der Waals surface area contributed by atoms with Crippen molar-refractivity contribution in [1.82, 2.24) is 10.2 Å². The third-order valence-corrected chi connectivity index (χ3v) is 4.08. The van der Waals surface area contributed by atoms with Crippen LogP contribution in [0.1, 0.15) is 18.4 Å². The van der Waals surface area contributed by atoms with Crippen LogP contribution in [-0.2, 0) is 11.3 Å². The second kappa shape index (κ2) is 5.61. The standard InChI is InChI=1S/C14H17BrN2O3/c1-17(7-14(18)16-10-2-3-10)6-9-4-12-13(5-11(9)15)20-8-19-12/h4-5,10H,2-3,6-8H2,1H3,(H,16,18). The van der Waals surface area contributed by atoms with Crippen molar-refractivity contribution in [3.63, 3.8) is 0 Å². The van der Waals surface area contributed by atoms with Gasteiger partial charge in [-0.25, -0.2) is 0 Å². The van der Waals surface area contributed by atoms with Crippen molar-refractivity contribution >= 4 is 21.8 Å². The number of nitrogens with zero attached hydrogens (tertiary/aromatic N) is 1. The summed E-state index contributed by atoms with van der Waals surface area (Å²) in [6, 6.07) is 4.28. The zero-order valence-electron chi connectivity index (χ0n) is 11.3. The molecule has 0 saturated heterocycles. The lowest BCUT2D eigenvalue weighted by Gasteiger charge is -2.17. The van der Waals surface area contributed by atoms with Crippen LogP contribution in [0.15, 0.2) is 16.6 Å². The van der Waals surface area contributed by atoms with Gasteiger partial charge in [-0.15, -0.1) is 0 Å². The molecule has 1 saturated carbocycles. The molecule has 5 nitrogen and oxygen atoms in total. The number of benzene rings is 1. The zero-order valence-corrected chi connectivity index (χ0v) is 12.9. The van der Waals surface area contributed by atoms with E-state index in [1.807, 2.05) is 24.1 Å². The average Bonchev–Trinajstić information content (AvgIpc) is 3.06. The number of likely N-dealkylation sites (N-methyl/N-ethyl adjacent to an activating group) is 1. The second-order valence-corrected chi connectivity index (χ2v) is 6.17. The lowest BCUT2D eigenvalue weighted by atomic mass is 10.2. The molecule has 2 aliphatic rings. The number of carbonyl (C=O) groups excluding carboxylic acids is 1. The Balaban J connectivity index is 1.60. The number of ether oxygens (including phenoxy) is 2. The van der Waals surface area contributed by atoms with Crippen LogP contribution >= 0.6 is 15.9 Å². The van der Waals surface area contributed by atoms with E-state index in [1.54, 1.807) is 0 Å². The molecule has 1 amide bonds. The van der Waals surface area contributed by atoms with Crippen LogP contribution in [0.2, 0.25) is 0 Å². The van der Waals surface area contributed by atoms with E-state index in [9.17, 15) is 4.79 Å². The quantitative estimate of drug-likeness (QED) is 0.889. The Labute approximate surface area is 126 Å². The Hall–Kier alpha value is -1.27. The predicted molar refractivity (Wildman–Crippen MR) is 77.8 cm³/mol. The molecule has 0 spiro atoms. The second-order valence-electron chi connectivity index (χ2n) is 5.31. The molecule has 0 aromatic heterocycles. The van der Waals surface area contributed by atoms with E-state index in [0.29, 0.717) is 19.1 Å². The van der Waals surface area contributed by atoms with Crippen LogP contribution in [-0.4, -0.2) is 37.2 Å². The monoisotopic (exact) mass is 340 g/mol. The molecule has 0 atom stereocenters. The van der Waals surface area contributed by atoms with Gasteiger partial charge in [-0.3, -0.25) is 9.69 Å². The number of carbonyl (C=O) groups is 1. The molecule has 20 heavy (non-hydrogen) atoms. The highest BCUT2D eigenvalue weighted by molar-refractivity contribution is 9.10. The van der Waals surface area contributed by atoms with Crippen molar-refractivity contribution in [2.75, 3.05) is 20.4 Å². The van der Waals surface area contributed by atoms with Crippen molar-refractivity contribution in [3.05, 3.63) is 22.2 Å². The smallest absolute Gasteiger partial charge is 0.234 e. The molecule has 1 aromatic rings. The van der Waals surface area contributed by atoms with Gasteiger partial charge in [-0.2, -0.15) is 0 Å². The maximum Gasteiger partial charge on any atom is 0.234 e. The molecule has 1 fully saturated rings. The molecule has 1 aromatic carbocycles. The number of amides is 1. The molecule has 108 valence electrons. The summed E-state index contributed by atoms with van der Waals surface area (Å²) in [6.07, 6.45) is 2.23. The van der Waals surface area contributed by atoms with Gasteiger partial charge in [0.25, 0.3) is 0 Å². The summed E-state index contributed by atoms with van der Waals surface area (Å²) in [4.78, 5) is 13.7. The van der Waals surface area contributed by atoms with Crippen molar-refractivity contribution in [2.45, 2.75) is 25.4 Å². The Bertz CT molecular complexity index is 531. The van der Waals surface area contributed by atoms with Gasteiger partial charge in [0.2, 0.25) is 12.7 Å². The fourth-order valence-electron chi connectivity index (χ4n) is 2.17. The van der Waals surface area contributed by atoms with Crippen molar-refractivity contribution in [3.8, 4) is 11.5 Å². The highest BCUT2D eigenvalue weighted by Gasteiger charge is 2.24. The number of nitrogens with one attached hydrogen (secondary N) is 1. The highest BCUT2D eigenvalue weighted by atomic mass is 79.9. The minimum Gasteiger partial charge on any atom is -0.454 e. The minimum absolute atomic E-state index is 0.0897. The summed E-state index contributed by atoms with van der Waals surface area (Å²) >= 11 is 3.53. The number of halogens is 1. The molecule has 1 aliphatic carbocycles. The molecule has 1 N–H and O–H groups in total. The van der Waals surface area contributed by atoms with E-state index in [4.69, 9.17) is 9.47 Å². The van der Waals surface area contributed by atoms with E-state index in [2.05, 4.69) is 21.2 Å². The van der Waals surface area contributed by atoms with Crippen LogP contribution in [0.5, 0.6) is 11.5 Å². The molecule has 0 unspecified atom stereocenters. The summed E-state index contributed by atoms with van der Waals surface area (Å²) in [5.41, 5.74) is 1.08. The summed E-state index contributed by atoms with van der Waals surface area (Å²) in [7, 11) is 1.93. The third kappa shape index (κ3) is 3.24. The van der Waals surface area contributed by atoms with Crippen LogP contribution < -0.4 is 14.8 Å². The summed E-state index contributed by atoms with van der Waals surface area (Å²) in [6.45, 7) is 1.34. The van der Waals surface area contributed by atoms with Crippen molar-refractivity contribution < 1.29 is 14.3 Å². The molecule has 1 heterocycles. The SMILES string of the molecule is CN(CC(=O)NC1CC1)Cc1cc2c(cc1Br)OCO2. The van der Waals surface area contributed by atoms with E-state index in [1.165, 1.54) is 0 Å². The lowest BCUT2D eigenvalue weighted by Crippen LogP contribution is -2.35. The van der Waals surface area contributed by atoms with Gasteiger partial charge in [0, 0.05) is 17.1 Å². The van der Waals surface area contributed by atoms with Crippen molar-refractivity contribution in [2.24, 2.45) is 0 Å². The van der Waals surface area contributed by atoms with E-state index < -0.39 is 0 Å². The summed E-state index contributed by atoms with van der Waals surface area (Å²) < 4.78 is 11.7. The number of hydrogen-bond acceptors (Lipinski definition) is 4. The van der Waals surface area contributed by atoms with Crippen LogP contribution in [0.25, 0.3) is 0 Å². The van der Waals surface area contributed by atoms with Crippen LogP contribution in [0.3, 0.4) is 0 Å². The minimum atomic E-state index is 0.0897. The van der Waals surface area contributed by atoms with Gasteiger partial charge < -0.3 is 14.8 Å². The first-order chi connectivity index (χ1) is 9.61. The number of fused-ring (bicyclic) bond motifs is 1. The first-order valence-electron chi connectivity index (χ1n) is 6.68. The van der Waals surface area contributed by atoms with Gasteiger partial charge >= 0.3 is 0 Å². The Morgan fingerprint density at radius 3 is 2.80 bits per heavy atom. The number of rotatable bonds is 5. The Kier molecular flexibility index (Phi) is 3.85. The predicted octanol–water partition coefficient (Wildman–Crippen LogP) is 1.89. The van der Waals surface area contributed by atoms with Crippen LogP contribution in [0.4, 0.5) is 0 Å². The lowest BCUT2D eigenvalue weighted by molar-refractivity contribution is -0.122. The van der Waals surface area contributed by atoms with E-state index >= 15 is 0 Å². The molecule has 0 bridgehead atoms. The van der Waals surface area contributed by atoms with Gasteiger partial charge in [0.05, 0.1) is 6.54 Å². The average molecular weight is 341 g/mol. The van der Waals surface area contributed by atoms with E-state index in [-0.39, 0.29) is 12.7 Å². The molecule has 6 heteroatoms. The highest BCUT2D eigenvalue weighted by Crippen LogP contribution is 2.37. The van der Waals surface area contributed by atoms with Gasteiger partial charge in [0.1, 0.15) is 0 Å². The summed E-state index contributed by atoms with van der Waals surface area (Å²) in [5, 5.41) is 2.99. The van der Waals surface area contributed by atoms with Gasteiger partial charge in [0.15, 0.2) is 11.5 Å². The Morgan fingerprint density at radius 2 is 2.10 bits per heavy atom. The Morgan fingerprint density at radius 1 is 1.40 bits per heavy atom. The molecular formula is C14H17BrN2O3. The molecular weight excluding hydrogens is 324 g/mol. The first-order valence-corrected chi connectivity index (χ1v) is 7.47. The number of hydrogen-bond donors (Lipinski definition) is 1. The van der Waals surface area contributed by atoms with Gasteiger partial charge in [-0.05, 0) is 37.6 Å². The van der Waals surface area contributed by atoms with Gasteiger partial charge in [-0.1, -0.05) is 15.9 Å². The maximum atomic E-state index is 11.8. The topological polar surface area (TPSA) is 50.8 Å². The first kappa shape index (κ1) is 13.7. The molecule has 3 rings (SSSR count). The summed E-state index contributed by atoms with van der Waals surface area (Å²) in [5.74, 6) is 1.61.